The summed E-state index contributed by atoms with van der Waals surface area (Å²) in [6, 6.07) is 6.06. The van der Waals surface area contributed by atoms with Crippen LogP contribution in [0.1, 0.15) is 38.8 Å². The second kappa shape index (κ2) is 9.43. The summed E-state index contributed by atoms with van der Waals surface area (Å²) in [5.41, 5.74) is -5.80. The minimum atomic E-state index is -5.19. The van der Waals surface area contributed by atoms with Crippen molar-refractivity contribution < 1.29 is 40.7 Å². The molecule has 38 heavy (non-hydrogen) atoms. The van der Waals surface area contributed by atoms with Crippen molar-refractivity contribution >= 4 is 28.6 Å². The number of pyridine rings is 2. The number of esters is 1. The third-order valence-electron chi connectivity index (χ3n) is 5.45. The predicted molar refractivity (Wildman–Crippen MR) is 120 cm³/mol. The first-order valence-corrected chi connectivity index (χ1v) is 10.8. The minimum absolute atomic E-state index is 0.0548. The number of benzene rings is 1. The molecule has 0 saturated heterocycles. The van der Waals surface area contributed by atoms with E-state index < -0.39 is 57.5 Å². The first-order chi connectivity index (χ1) is 17.7. The Bertz CT molecular complexity index is 1700. The van der Waals surface area contributed by atoms with E-state index in [9.17, 15) is 40.7 Å². The van der Waals surface area contributed by atoms with E-state index in [4.69, 9.17) is 4.74 Å². The fraction of sp³-hybridized carbons (Fsp3) is 0.208. The van der Waals surface area contributed by atoms with Crippen molar-refractivity contribution in [3.63, 3.8) is 0 Å². The number of carbonyl (C=O) groups is 2. The van der Waals surface area contributed by atoms with Crippen molar-refractivity contribution in [3.05, 3.63) is 86.8 Å². The maximum atomic E-state index is 13.3. The largest absolute Gasteiger partial charge is 0.462 e. The van der Waals surface area contributed by atoms with Crippen molar-refractivity contribution in [2.24, 2.45) is 12.0 Å². The fourth-order valence-electron chi connectivity index (χ4n) is 3.70. The van der Waals surface area contributed by atoms with E-state index in [-0.39, 0.29) is 41.5 Å². The number of hydrogen-bond acceptors (Lipinski definition) is 5. The van der Waals surface area contributed by atoms with Gasteiger partial charge in [-0.15, -0.1) is 0 Å². The summed E-state index contributed by atoms with van der Waals surface area (Å²) in [7, 11) is 1.27. The van der Waals surface area contributed by atoms with Crippen LogP contribution in [0.25, 0.3) is 16.7 Å². The van der Waals surface area contributed by atoms with Gasteiger partial charge < -0.3 is 9.30 Å². The molecule has 0 N–H and O–H groups in total. The minimum Gasteiger partial charge on any atom is -0.462 e. The van der Waals surface area contributed by atoms with Crippen molar-refractivity contribution in [2.75, 3.05) is 6.61 Å². The quantitative estimate of drug-likeness (QED) is 0.222. The molecule has 0 fully saturated rings. The second-order valence-corrected chi connectivity index (χ2v) is 7.96. The van der Waals surface area contributed by atoms with Crippen LogP contribution in [0.2, 0.25) is 0 Å². The van der Waals surface area contributed by atoms with Crippen LogP contribution in [0, 0.1) is 0 Å². The summed E-state index contributed by atoms with van der Waals surface area (Å²) in [4.78, 5) is 46.7. The number of nitrogens with zero attached hydrogens (tertiary/aromatic N) is 4. The van der Waals surface area contributed by atoms with Crippen LogP contribution in [0.4, 0.5) is 26.3 Å². The smallest absolute Gasteiger partial charge is 0.416 e. The number of hydrogen-bond donors (Lipinski definition) is 0. The molecule has 0 unspecified atom stereocenters. The van der Waals surface area contributed by atoms with Gasteiger partial charge in [0, 0.05) is 18.8 Å². The Morgan fingerprint density at radius 3 is 2.21 bits per heavy atom. The molecule has 198 valence electrons. The summed E-state index contributed by atoms with van der Waals surface area (Å²) in [6.07, 6.45) is -8.94. The number of ether oxygens (including phenoxy) is 1. The Morgan fingerprint density at radius 2 is 1.63 bits per heavy atom. The van der Waals surface area contributed by atoms with Gasteiger partial charge in [0.15, 0.2) is 5.49 Å². The van der Waals surface area contributed by atoms with E-state index in [2.05, 4.69) is 9.98 Å². The van der Waals surface area contributed by atoms with E-state index in [0.29, 0.717) is 0 Å². The summed E-state index contributed by atoms with van der Waals surface area (Å²) in [5.74, 6) is -2.53. The molecule has 4 aromatic rings. The van der Waals surface area contributed by atoms with E-state index in [1.165, 1.54) is 30.6 Å². The van der Waals surface area contributed by atoms with E-state index in [0.717, 1.165) is 10.6 Å². The molecule has 3 aromatic heterocycles. The van der Waals surface area contributed by atoms with Crippen molar-refractivity contribution in [1.82, 2.24) is 14.0 Å². The molecule has 0 radical (unpaired) electrons. The second-order valence-electron chi connectivity index (χ2n) is 7.96. The normalized spacial score (nSPS) is 12.8. The molecule has 14 heteroatoms. The monoisotopic (exact) mass is 538 g/mol. The van der Waals surface area contributed by atoms with Crippen LogP contribution in [-0.4, -0.2) is 32.4 Å². The van der Waals surface area contributed by atoms with Gasteiger partial charge in [-0.05, 0) is 43.3 Å². The van der Waals surface area contributed by atoms with Gasteiger partial charge in [0.05, 0.1) is 23.1 Å². The number of halogens is 6. The van der Waals surface area contributed by atoms with Gasteiger partial charge in [0.1, 0.15) is 16.9 Å². The highest BCUT2D eigenvalue weighted by atomic mass is 19.4. The molecule has 0 aliphatic rings. The topological polar surface area (TPSA) is 95.0 Å². The molecular weight excluding hydrogens is 522 g/mol. The summed E-state index contributed by atoms with van der Waals surface area (Å²) >= 11 is 0. The van der Waals surface area contributed by atoms with Crippen LogP contribution in [0.15, 0.2) is 58.4 Å². The Hall–Kier alpha value is -4.49. The van der Waals surface area contributed by atoms with Crippen LogP contribution >= 0.6 is 0 Å². The standard InChI is InChI=1S/C24H16F6N4O4/c1-3-38-22(37)16-11-15-18(31-17-6-4-5-7-34(17)21(15)36)33(2)19(16)32-20(35)12-8-13(23(25,26)27)10-14(9-12)24(28,29)30/h4-11H,3H2,1-2H3. The first-order valence-electron chi connectivity index (χ1n) is 10.8. The van der Waals surface area contributed by atoms with Crippen LogP contribution in [0.5, 0.6) is 0 Å². The van der Waals surface area contributed by atoms with Crippen molar-refractivity contribution in [2.45, 2.75) is 19.3 Å². The van der Waals surface area contributed by atoms with Gasteiger partial charge in [-0.25, -0.2) is 9.78 Å². The number of alkyl halides is 6. The summed E-state index contributed by atoms with van der Waals surface area (Å²) < 4.78 is 86.8. The Morgan fingerprint density at radius 1 is 1.00 bits per heavy atom. The van der Waals surface area contributed by atoms with Crippen LogP contribution < -0.4 is 11.0 Å². The van der Waals surface area contributed by atoms with E-state index in [1.807, 2.05) is 0 Å². The molecule has 0 aliphatic carbocycles. The number of rotatable bonds is 3. The fourth-order valence-corrected chi connectivity index (χ4v) is 3.70. The zero-order chi connectivity index (χ0) is 28.0. The lowest BCUT2D eigenvalue weighted by Gasteiger charge is -2.13. The van der Waals surface area contributed by atoms with E-state index >= 15 is 0 Å². The molecule has 0 bridgehead atoms. The van der Waals surface area contributed by atoms with Gasteiger partial charge in [0.2, 0.25) is 0 Å². The first kappa shape index (κ1) is 26.6. The van der Waals surface area contributed by atoms with Crippen molar-refractivity contribution in [1.29, 1.82) is 0 Å². The summed E-state index contributed by atoms with van der Waals surface area (Å²) in [6.45, 7) is 1.36. The van der Waals surface area contributed by atoms with Gasteiger partial charge in [0.25, 0.3) is 11.5 Å². The number of carbonyl (C=O) groups excluding carboxylic acids is 2. The van der Waals surface area contributed by atoms with Gasteiger partial charge in [-0.1, -0.05) is 6.07 Å². The number of amides is 1. The molecule has 3 heterocycles. The molecule has 1 amide bonds. The molecule has 0 saturated carbocycles. The molecule has 0 aliphatic heterocycles. The molecule has 8 nitrogen and oxygen atoms in total. The zero-order valence-corrected chi connectivity index (χ0v) is 19.5. The van der Waals surface area contributed by atoms with Gasteiger partial charge >= 0.3 is 18.3 Å². The third kappa shape index (κ3) is 4.88. The van der Waals surface area contributed by atoms with Crippen LogP contribution in [0.3, 0.4) is 0 Å². The average Bonchev–Trinajstić information content (AvgIpc) is 2.85. The Balaban J connectivity index is 2.04. The lowest BCUT2D eigenvalue weighted by atomic mass is 10.0. The van der Waals surface area contributed by atoms with Crippen molar-refractivity contribution in [3.8, 4) is 0 Å². The highest BCUT2D eigenvalue weighted by molar-refractivity contribution is 5.97. The number of aromatic nitrogens is 3. The molecule has 0 spiro atoms. The molecule has 1 aromatic carbocycles. The highest BCUT2D eigenvalue weighted by Gasteiger charge is 2.37. The number of aryl methyl sites for hydroxylation is 1. The summed E-state index contributed by atoms with van der Waals surface area (Å²) in [5, 5.41) is -0.0796. The predicted octanol–water partition coefficient (Wildman–Crippen LogP) is 4.14. The third-order valence-corrected chi connectivity index (χ3v) is 5.45. The van der Waals surface area contributed by atoms with Gasteiger partial charge in [-0.2, -0.15) is 31.3 Å². The maximum absolute atomic E-state index is 13.3. The van der Waals surface area contributed by atoms with Gasteiger partial charge in [-0.3, -0.25) is 14.0 Å². The Labute approximate surface area is 208 Å². The maximum Gasteiger partial charge on any atom is 0.416 e. The van der Waals surface area contributed by atoms with E-state index in [1.54, 1.807) is 12.1 Å². The average molecular weight is 538 g/mol. The molecular formula is C24H16F6N4O4. The lowest BCUT2D eigenvalue weighted by molar-refractivity contribution is -0.143. The lowest BCUT2D eigenvalue weighted by Crippen LogP contribution is -2.31. The Kier molecular flexibility index (Phi) is 6.59. The molecule has 4 rings (SSSR count). The molecule has 0 atom stereocenters. The SMILES string of the molecule is CCOC(=O)c1cc2c(=O)n3ccccc3nc2n(C)c1=NC(=O)c1cc(C(F)(F)F)cc(C(F)(F)F)c1. The number of fused-ring (bicyclic) bond motifs is 2. The highest BCUT2D eigenvalue weighted by Crippen LogP contribution is 2.36. The van der Waals surface area contributed by atoms with Crippen LogP contribution in [-0.2, 0) is 24.1 Å². The zero-order valence-electron chi connectivity index (χ0n) is 19.5.